The molecule has 15 heteroatoms. The van der Waals surface area contributed by atoms with Crippen LogP contribution in [-0.2, 0) is 19.2 Å². The van der Waals surface area contributed by atoms with Gasteiger partial charge in [0.1, 0.15) is 25.8 Å². The zero-order valence-corrected chi connectivity index (χ0v) is 21.9. The first-order valence-corrected chi connectivity index (χ1v) is 13.4. The second kappa shape index (κ2) is 10.9. The molecule has 37 heavy (non-hydrogen) atoms. The van der Waals surface area contributed by atoms with Crippen LogP contribution in [0.15, 0.2) is 28.5 Å². The first kappa shape index (κ1) is 27.2. The Kier molecular flexibility index (Phi) is 7.99. The molecule has 2 unspecified atom stereocenters. The van der Waals surface area contributed by atoms with Crippen molar-refractivity contribution >= 4 is 51.8 Å². The van der Waals surface area contributed by atoms with Gasteiger partial charge in [0, 0.05) is 29.0 Å². The summed E-state index contributed by atoms with van der Waals surface area (Å²) in [6.07, 6.45) is 2.54. The average molecular weight is 554 g/mol. The molecule has 4 rings (SSSR count). The van der Waals surface area contributed by atoms with Gasteiger partial charge in [-0.2, -0.15) is 21.1 Å². The van der Waals surface area contributed by atoms with Crippen LogP contribution in [0.25, 0.3) is 0 Å². The number of thioether (sulfide) groups is 1. The molecule has 1 aromatic heterocycles. The van der Waals surface area contributed by atoms with Crippen molar-refractivity contribution in [3.63, 3.8) is 0 Å². The number of aliphatic hydroxyl groups is 2. The predicted molar refractivity (Wildman–Crippen MR) is 136 cm³/mol. The van der Waals surface area contributed by atoms with Crippen molar-refractivity contribution in [1.29, 1.82) is 0 Å². The molecule has 0 bridgehead atoms. The second-order valence-corrected chi connectivity index (χ2v) is 11.4. The summed E-state index contributed by atoms with van der Waals surface area (Å²) in [5, 5.41) is 35.7. The zero-order chi connectivity index (χ0) is 26.9. The summed E-state index contributed by atoms with van der Waals surface area (Å²) in [7, 11) is 3.22. The number of nitrogen functional groups attached to an aromatic ring is 1. The number of aromatic nitrogens is 2. The van der Waals surface area contributed by atoms with E-state index in [9.17, 15) is 29.7 Å². The highest BCUT2D eigenvalue weighted by atomic mass is 32.2. The Labute approximate surface area is 220 Å². The number of aliphatic carboxylic acids is 1. The molecule has 13 nitrogen and oxygen atoms in total. The number of likely N-dealkylation sites (N-methyl/N-ethyl adjacent to an activating group) is 1. The number of carbonyl (C=O) groups excluding carboxylic acids is 2. The quantitative estimate of drug-likeness (QED) is 0.147. The van der Waals surface area contributed by atoms with Gasteiger partial charge in [0.25, 0.3) is 5.91 Å². The van der Waals surface area contributed by atoms with Crippen LogP contribution < -0.4 is 11.1 Å². The highest BCUT2D eigenvalue weighted by molar-refractivity contribution is 8.00. The van der Waals surface area contributed by atoms with Crippen molar-refractivity contribution in [1.82, 2.24) is 14.7 Å². The number of quaternary nitrogens is 1. The van der Waals surface area contributed by atoms with E-state index in [0.29, 0.717) is 41.9 Å². The molecular formula is C22H29N6O7S2+. The normalized spacial score (nSPS) is 32.2. The molecule has 6 atom stereocenters. The number of carboxylic acid groups (broad SMARTS) is 1. The van der Waals surface area contributed by atoms with E-state index >= 15 is 0 Å². The minimum atomic E-state index is -1.17. The van der Waals surface area contributed by atoms with E-state index in [1.165, 1.54) is 18.9 Å². The Morgan fingerprint density at radius 2 is 2.11 bits per heavy atom. The Morgan fingerprint density at radius 3 is 2.73 bits per heavy atom. The Bertz CT molecular complexity index is 1180. The molecule has 1 saturated carbocycles. The number of carboxylic acids is 1. The van der Waals surface area contributed by atoms with Crippen molar-refractivity contribution in [2.24, 2.45) is 11.1 Å². The predicted octanol–water partition coefficient (Wildman–Crippen LogP) is -1.22. The number of ketones is 1. The number of anilines is 1. The van der Waals surface area contributed by atoms with Crippen molar-refractivity contribution in [2.45, 2.75) is 29.9 Å². The van der Waals surface area contributed by atoms with Crippen LogP contribution in [0, 0.1) is 5.92 Å². The highest BCUT2D eigenvalue weighted by Crippen LogP contribution is 2.45. The number of allylic oxidation sites excluding steroid dienone is 1. The summed E-state index contributed by atoms with van der Waals surface area (Å²) in [6, 6.07) is -0.897. The van der Waals surface area contributed by atoms with Crippen LogP contribution >= 0.6 is 23.3 Å². The molecule has 1 saturated heterocycles. The van der Waals surface area contributed by atoms with E-state index in [2.05, 4.69) is 19.8 Å². The van der Waals surface area contributed by atoms with Gasteiger partial charge in [0.05, 0.1) is 37.7 Å². The van der Waals surface area contributed by atoms with Gasteiger partial charge in [-0.1, -0.05) is 11.2 Å². The van der Waals surface area contributed by atoms with E-state index in [1.807, 2.05) is 13.1 Å². The van der Waals surface area contributed by atoms with E-state index in [4.69, 9.17) is 10.6 Å². The molecule has 0 aromatic carbocycles. The molecule has 6 N–H and O–H groups in total. The molecule has 0 spiro atoms. The third-order valence-corrected chi connectivity index (χ3v) is 8.78. The van der Waals surface area contributed by atoms with Crippen LogP contribution in [0.5, 0.6) is 0 Å². The van der Waals surface area contributed by atoms with E-state index in [0.717, 1.165) is 11.5 Å². The molecule has 1 aliphatic carbocycles. The smallest absolute Gasteiger partial charge is 0.332 e. The molecule has 1 amide bonds. The standard InChI is InChI=1S/C22H28N6O7S2/c1-28(7-5-11(29)12(30)8-28)6-3-4-10-9-36-18-14(13(10)21(33)34)17(31)15(18)24-20(32)16(26-35-2)19-25-22(23)37-27-19/h3-4,11-12,14-15,18,29-30H,5-9H2,1-2H3,(H3-,23,24,25,27,32,33,34)/p+1/b4-3+,26-16-/t11-,12+,14?,15+,18-,28?/m0/s1. The van der Waals surface area contributed by atoms with Gasteiger partial charge >= 0.3 is 5.97 Å². The Morgan fingerprint density at radius 1 is 1.35 bits per heavy atom. The number of hydrogen-bond acceptors (Lipinski definition) is 12. The number of aliphatic hydroxyl groups excluding tert-OH is 2. The average Bonchev–Trinajstić information content (AvgIpc) is 3.28. The number of amides is 1. The Hall–Kier alpha value is -2.85. The third-order valence-electron chi connectivity index (χ3n) is 6.83. The minimum absolute atomic E-state index is 0.0342. The number of nitrogens with zero attached hydrogens (tertiary/aromatic N) is 4. The monoisotopic (exact) mass is 553 g/mol. The lowest BCUT2D eigenvalue weighted by molar-refractivity contribution is -0.913. The summed E-state index contributed by atoms with van der Waals surface area (Å²) < 4.78 is 4.47. The number of nitrogens with one attached hydrogen (secondary N) is 1. The first-order chi connectivity index (χ1) is 17.5. The first-order valence-electron chi connectivity index (χ1n) is 11.5. The summed E-state index contributed by atoms with van der Waals surface area (Å²) in [6.45, 7) is 1.62. The largest absolute Gasteiger partial charge is 0.478 e. The summed E-state index contributed by atoms with van der Waals surface area (Å²) in [4.78, 5) is 46.7. The third kappa shape index (κ3) is 5.55. The van der Waals surface area contributed by atoms with Gasteiger partial charge in [-0.25, -0.2) is 4.79 Å². The molecular weight excluding hydrogens is 524 g/mol. The molecule has 2 aliphatic heterocycles. The molecule has 1 aromatic rings. The fraction of sp³-hybridized carbons (Fsp3) is 0.545. The number of oxime groups is 1. The number of nitrogens with two attached hydrogens (primary N) is 1. The Balaban J connectivity index is 1.46. The number of piperidine rings is 1. The number of rotatable bonds is 8. The van der Waals surface area contributed by atoms with Crippen LogP contribution in [-0.4, -0.2) is 116 Å². The molecule has 3 aliphatic rings. The topological polar surface area (TPSA) is 197 Å². The maximum Gasteiger partial charge on any atom is 0.332 e. The van der Waals surface area contributed by atoms with Crippen LogP contribution in [0.4, 0.5) is 5.13 Å². The molecule has 2 fully saturated rings. The number of carbonyl (C=O) groups is 3. The molecule has 0 radical (unpaired) electrons. The van der Waals surface area contributed by atoms with Crippen molar-refractivity contribution in [3.05, 3.63) is 29.1 Å². The van der Waals surface area contributed by atoms with Gasteiger partial charge < -0.3 is 35.7 Å². The van der Waals surface area contributed by atoms with Crippen LogP contribution in [0.3, 0.4) is 0 Å². The lowest BCUT2D eigenvalue weighted by Gasteiger charge is -2.46. The number of fused-ring (bicyclic) bond motifs is 1. The van der Waals surface area contributed by atoms with Crippen LogP contribution in [0.2, 0.25) is 0 Å². The highest BCUT2D eigenvalue weighted by Gasteiger charge is 2.56. The molecule has 3 heterocycles. The second-order valence-electron chi connectivity index (χ2n) is 9.46. The summed E-state index contributed by atoms with van der Waals surface area (Å²) >= 11 is 2.28. The van der Waals surface area contributed by atoms with E-state index in [1.54, 1.807) is 6.08 Å². The number of likely N-dealkylation sites (tertiary alicyclic amines) is 1. The number of Topliss-reactive ketones (excluding diaryl/α,β-unsaturated/α-hetero) is 1. The van der Waals surface area contributed by atoms with Gasteiger partial charge in [-0.15, -0.1) is 0 Å². The maximum atomic E-state index is 13.0. The fourth-order valence-electron chi connectivity index (χ4n) is 4.85. The lowest BCUT2D eigenvalue weighted by atomic mass is 9.71. The fourth-order valence-corrected chi connectivity index (χ4v) is 6.76. The summed E-state index contributed by atoms with van der Waals surface area (Å²) in [5.74, 6) is -2.83. The van der Waals surface area contributed by atoms with Crippen LogP contribution in [0.1, 0.15) is 12.2 Å². The van der Waals surface area contributed by atoms with Crippen molar-refractivity contribution in [2.75, 3.05) is 45.3 Å². The van der Waals surface area contributed by atoms with Gasteiger partial charge in [-0.05, 0) is 11.6 Å². The SMILES string of the molecule is CO/N=C(\C(=O)N[C@@H]1C(=O)C2C(C(=O)O)=C(/C=C/C[N+]3(C)CC[C@H](O)[C@H](O)C3)CS[C@@H]21)c1nsc(N)n1. The molecule has 200 valence electrons. The van der Waals surface area contributed by atoms with Gasteiger partial charge in [0.2, 0.25) is 11.5 Å². The summed E-state index contributed by atoms with van der Waals surface area (Å²) in [5.41, 5.74) is 5.93. The minimum Gasteiger partial charge on any atom is -0.478 e. The number of hydrogen-bond donors (Lipinski definition) is 5. The van der Waals surface area contributed by atoms with Gasteiger partial charge in [0.15, 0.2) is 10.9 Å². The van der Waals surface area contributed by atoms with Crippen molar-refractivity contribution < 1.29 is 39.0 Å². The van der Waals surface area contributed by atoms with E-state index < -0.39 is 47.1 Å². The van der Waals surface area contributed by atoms with Gasteiger partial charge in [-0.3, -0.25) is 9.59 Å². The zero-order valence-electron chi connectivity index (χ0n) is 20.2. The maximum absolute atomic E-state index is 13.0. The van der Waals surface area contributed by atoms with E-state index in [-0.39, 0.29) is 22.2 Å². The lowest BCUT2D eigenvalue weighted by Crippen LogP contribution is -2.65. The van der Waals surface area contributed by atoms with Crippen molar-refractivity contribution in [3.8, 4) is 0 Å².